The third-order valence-electron chi connectivity index (χ3n) is 2.47. The van der Waals surface area contributed by atoms with Crippen molar-refractivity contribution >= 4 is 17.7 Å². The van der Waals surface area contributed by atoms with Gasteiger partial charge in [-0.25, -0.2) is 0 Å². The molecule has 3 nitrogen and oxygen atoms in total. The van der Waals surface area contributed by atoms with Crippen LogP contribution in [0.3, 0.4) is 0 Å². The quantitative estimate of drug-likeness (QED) is 0.739. The third kappa shape index (κ3) is 4.86. The van der Waals surface area contributed by atoms with E-state index in [9.17, 15) is 4.79 Å². The monoisotopic (exact) mass is 216 g/mol. The number of carbonyl (C=O) groups is 1. The van der Waals surface area contributed by atoms with Crippen LogP contribution in [0.4, 0.5) is 0 Å². The summed E-state index contributed by atoms with van der Waals surface area (Å²) in [5.74, 6) is 0.771. The SMILES string of the molecule is CSCC(=O)NC1CCCCNCC1. The molecule has 1 fully saturated rings. The van der Waals surface area contributed by atoms with Gasteiger partial charge in [0.15, 0.2) is 0 Å². The molecule has 1 heterocycles. The van der Waals surface area contributed by atoms with E-state index in [2.05, 4.69) is 10.6 Å². The van der Waals surface area contributed by atoms with Crippen molar-refractivity contribution in [2.24, 2.45) is 0 Å². The Kier molecular flexibility index (Phi) is 6.03. The van der Waals surface area contributed by atoms with Crippen LogP contribution in [0.5, 0.6) is 0 Å². The number of amides is 1. The van der Waals surface area contributed by atoms with Crippen LogP contribution in [-0.2, 0) is 4.79 Å². The molecule has 2 N–H and O–H groups in total. The lowest BCUT2D eigenvalue weighted by molar-refractivity contribution is -0.119. The van der Waals surface area contributed by atoms with Crippen molar-refractivity contribution in [1.82, 2.24) is 10.6 Å². The van der Waals surface area contributed by atoms with Gasteiger partial charge in [0.25, 0.3) is 0 Å². The Hall–Kier alpha value is -0.220. The Labute approximate surface area is 90.4 Å². The molecule has 0 radical (unpaired) electrons. The number of rotatable bonds is 3. The van der Waals surface area contributed by atoms with Crippen molar-refractivity contribution in [2.45, 2.75) is 31.7 Å². The van der Waals surface area contributed by atoms with Crippen molar-refractivity contribution in [3.8, 4) is 0 Å². The van der Waals surface area contributed by atoms with E-state index in [1.165, 1.54) is 12.8 Å². The predicted octanol–water partition coefficient (Wildman–Crippen LogP) is 0.998. The number of carbonyl (C=O) groups excluding carboxylic acids is 1. The molecule has 14 heavy (non-hydrogen) atoms. The molecule has 0 aliphatic carbocycles. The van der Waals surface area contributed by atoms with E-state index < -0.39 is 0 Å². The third-order valence-corrected chi connectivity index (χ3v) is 3.02. The van der Waals surface area contributed by atoms with Gasteiger partial charge in [-0.15, -0.1) is 0 Å². The van der Waals surface area contributed by atoms with E-state index in [-0.39, 0.29) is 5.91 Å². The summed E-state index contributed by atoms with van der Waals surface area (Å²) in [4.78, 5) is 11.4. The topological polar surface area (TPSA) is 41.1 Å². The first-order valence-electron chi connectivity index (χ1n) is 5.32. The molecule has 1 aliphatic heterocycles. The average molecular weight is 216 g/mol. The highest BCUT2D eigenvalue weighted by atomic mass is 32.2. The summed E-state index contributed by atoms with van der Waals surface area (Å²) in [5.41, 5.74) is 0. The van der Waals surface area contributed by atoms with Gasteiger partial charge in [0.1, 0.15) is 0 Å². The molecule has 0 aromatic heterocycles. The zero-order chi connectivity index (χ0) is 10.2. The largest absolute Gasteiger partial charge is 0.353 e. The van der Waals surface area contributed by atoms with Crippen LogP contribution in [0.15, 0.2) is 0 Å². The van der Waals surface area contributed by atoms with Crippen molar-refractivity contribution in [1.29, 1.82) is 0 Å². The van der Waals surface area contributed by atoms with E-state index in [4.69, 9.17) is 0 Å². The molecule has 0 aromatic rings. The van der Waals surface area contributed by atoms with E-state index in [1.807, 2.05) is 6.26 Å². The molecule has 1 saturated heterocycles. The molecule has 1 aliphatic rings. The van der Waals surface area contributed by atoms with Crippen molar-refractivity contribution in [2.75, 3.05) is 25.1 Å². The second-order valence-electron chi connectivity index (χ2n) is 3.73. The molecule has 1 rings (SSSR count). The lowest BCUT2D eigenvalue weighted by Crippen LogP contribution is -2.39. The fourth-order valence-electron chi connectivity index (χ4n) is 1.73. The van der Waals surface area contributed by atoms with Crippen LogP contribution < -0.4 is 10.6 Å². The first kappa shape index (κ1) is 11.9. The smallest absolute Gasteiger partial charge is 0.230 e. The number of hydrogen-bond donors (Lipinski definition) is 2. The minimum Gasteiger partial charge on any atom is -0.353 e. The lowest BCUT2D eigenvalue weighted by Gasteiger charge is -2.21. The minimum atomic E-state index is 0.183. The summed E-state index contributed by atoms with van der Waals surface area (Å²) < 4.78 is 0. The van der Waals surface area contributed by atoms with Crippen LogP contribution in [0.1, 0.15) is 25.7 Å². The molecular weight excluding hydrogens is 196 g/mol. The summed E-state index contributed by atoms with van der Waals surface area (Å²) in [6.45, 7) is 2.16. The van der Waals surface area contributed by atoms with E-state index >= 15 is 0 Å². The molecule has 0 bridgehead atoms. The molecular formula is C10H20N2OS. The molecule has 0 saturated carbocycles. The summed E-state index contributed by atoms with van der Waals surface area (Å²) in [7, 11) is 0. The van der Waals surface area contributed by atoms with Crippen LogP contribution in [-0.4, -0.2) is 37.0 Å². The number of nitrogens with one attached hydrogen (secondary N) is 2. The van der Waals surface area contributed by atoms with Gasteiger partial charge < -0.3 is 10.6 Å². The van der Waals surface area contributed by atoms with Gasteiger partial charge in [0.05, 0.1) is 5.75 Å². The van der Waals surface area contributed by atoms with Gasteiger partial charge in [-0.1, -0.05) is 6.42 Å². The van der Waals surface area contributed by atoms with Crippen molar-refractivity contribution in [3.05, 3.63) is 0 Å². The van der Waals surface area contributed by atoms with Crippen LogP contribution in [0.2, 0.25) is 0 Å². The highest BCUT2D eigenvalue weighted by molar-refractivity contribution is 7.99. The van der Waals surface area contributed by atoms with E-state index in [0.717, 1.165) is 25.9 Å². The first-order valence-corrected chi connectivity index (χ1v) is 6.71. The molecule has 0 aromatic carbocycles. The summed E-state index contributed by atoms with van der Waals surface area (Å²) in [6, 6.07) is 0.391. The Bertz CT molecular complexity index is 168. The van der Waals surface area contributed by atoms with Crippen LogP contribution in [0.25, 0.3) is 0 Å². The molecule has 82 valence electrons. The standard InChI is InChI=1S/C10H20N2OS/c1-14-8-10(13)12-9-4-2-3-6-11-7-5-9/h9,11H,2-8H2,1H3,(H,12,13). The lowest BCUT2D eigenvalue weighted by atomic mass is 10.0. The Morgan fingerprint density at radius 2 is 2.29 bits per heavy atom. The summed E-state index contributed by atoms with van der Waals surface area (Å²) >= 11 is 1.58. The van der Waals surface area contributed by atoms with E-state index in [1.54, 1.807) is 11.8 Å². The van der Waals surface area contributed by atoms with Crippen LogP contribution >= 0.6 is 11.8 Å². The first-order chi connectivity index (χ1) is 6.83. The Morgan fingerprint density at radius 3 is 3.07 bits per heavy atom. The summed E-state index contributed by atoms with van der Waals surface area (Å²) in [6.07, 6.45) is 6.62. The number of hydrogen-bond acceptors (Lipinski definition) is 3. The Morgan fingerprint density at radius 1 is 1.43 bits per heavy atom. The van der Waals surface area contributed by atoms with Gasteiger partial charge in [-0.3, -0.25) is 4.79 Å². The number of thioether (sulfide) groups is 1. The highest BCUT2D eigenvalue weighted by Gasteiger charge is 2.12. The van der Waals surface area contributed by atoms with Crippen molar-refractivity contribution < 1.29 is 4.79 Å². The molecule has 0 spiro atoms. The maximum absolute atomic E-state index is 11.4. The fourth-order valence-corrected chi connectivity index (χ4v) is 2.08. The molecule has 1 atom stereocenters. The zero-order valence-electron chi connectivity index (χ0n) is 8.84. The van der Waals surface area contributed by atoms with Gasteiger partial charge >= 0.3 is 0 Å². The zero-order valence-corrected chi connectivity index (χ0v) is 9.66. The fraction of sp³-hybridized carbons (Fsp3) is 0.900. The van der Waals surface area contributed by atoms with Gasteiger partial charge in [0, 0.05) is 6.04 Å². The van der Waals surface area contributed by atoms with Crippen LogP contribution in [0, 0.1) is 0 Å². The molecule has 4 heteroatoms. The summed E-state index contributed by atoms with van der Waals surface area (Å²) in [5, 5.41) is 6.45. The van der Waals surface area contributed by atoms with E-state index in [0.29, 0.717) is 11.8 Å². The average Bonchev–Trinajstić information content (AvgIpc) is 2.10. The molecule has 1 unspecified atom stereocenters. The second kappa shape index (κ2) is 7.12. The normalized spacial score (nSPS) is 23.6. The Balaban J connectivity index is 2.22. The maximum atomic E-state index is 11.4. The highest BCUT2D eigenvalue weighted by Crippen LogP contribution is 2.07. The van der Waals surface area contributed by atoms with Gasteiger partial charge in [-0.2, -0.15) is 11.8 Å². The minimum absolute atomic E-state index is 0.183. The second-order valence-corrected chi connectivity index (χ2v) is 4.60. The van der Waals surface area contributed by atoms with Gasteiger partial charge in [-0.05, 0) is 38.6 Å². The van der Waals surface area contributed by atoms with Crippen molar-refractivity contribution in [3.63, 3.8) is 0 Å². The predicted molar refractivity (Wildman–Crippen MR) is 61.7 cm³/mol. The maximum Gasteiger partial charge on any atom is 0.230 e. The molecule has 1 amide bonds. The van der Waals surface area contributed by atoms with Gasteiger partial charge in [0.2, 0.25) is 5.91 Å².